The van der Waals surface area contributed by atoms with Crippen LogP contribution in [0.2, 0.25) is 0 Å². The summed E-state index contributed by atoms with van der Waals surface area (Å²) in [5.41, 5.74) is 1.31. The molecule has 0 radical (unpaired) electrons. The minimum Gasteiger partial charge on any atom is -0.480 e. The number of ketones is 1. The lowest BCUT2D eigenvalue weighted by Crippen LogP contribution is -2.45. The van der Waals surface area contributed by atoms with Crippen LogP contribution in [-0.2, 0) is 16.9 Å². The van der Waals surface area contributed by atoms with E-state index in [1.54, 1.807) is 17.6 Å². The summed E-state index contributed by atoms with van der Waals surface area (Å²) in [5.74, 6) is -0.364. The monoisotopic (exact) mass is 348 g/mol. The number of nitrogens with zero attached hydrogens (tertiary/aromatic N) is 2. The summed E-state index contributed by atoms with van der Waals surface area (Å²) >= 11 is 0. The third kappa shape index (κ3) is 1.82. The van der Waals surface area contributed by atoms with E-state index in [9.17, 15) is 14.7 Å². The lowest BCUT2D eigenvalue weighted by atomic mass is 9.85. The Bertz CT molecular complexity index is 1160. The molecule has 2 aromatic heterocycles. The molecule has 6 nitrogen and oxygen atoms in total. The quantitative estimate of drug-likeness (QED) is 0.569. The van der Waals surface area contributed by atoms with Gasteiger partial charge in [-0.3, -0.25) is 14.2 Å². The molecular formula is C20H16N2O4. The number of aliphatic hydroxyl groups is 1. The van der Waals surface area contributed by atoms with Gasteiger partial charge in [0.1, 0.15) is 0 Å². The van der Waals surface area contributed by atoms with Crippen LogP contribution in [0, 0.1) is 0 Å². The Labute approximate surface area is 148 Å². The summed E-state index contributed by atoms with van der Waals surface area (Å²) in [6, 6.07) is 11.5. The average molecular weight is 348 g/mol. The maximum absolute atomic E-state index is 13.0. The second-order valence-corrected chi connectivity index (χ2v) is 6.78. The van der Waals surface area contributed by atoms with Crippen LogP contribution in [0.1, 0.15) is 24.5 Å². The summed E-state index contributed by atoms with van der Waals surface area (Å²) < 4.78 is 7.00. The average Bonchev–Trinajstić information content (AvgIpc) is 3.01. The molecule has 0 fully saturated rings. The number of carbonyl (C=O) groups is 1. The molecule has 130 valence electrons. The van der Waals surface area contributed by atoms with E-state index in [-0.39, 0.29) is 29.9 Å². The van der Waals surface area contributed by atoms with Gasteiger partial charge < -0.3 is 9.84 Å². The molecule has 4 heterocycles. The van der Waals surface area contributed by atoms with E-state index in [1.807, 2.05) is 30.3 Å². The molecule has 3 aromatic rings. The predicted molar refractivity (Wildman–Crippen MR) is 95.2 cm³/mol. The number of aromatic nitrogens is 2. The maximum atomic E-state index is 13.0. The SMILES string of the molecule is CCC1(O)C(=O)COc2c1cc1n(c2=O)Cc2cc3ccccc3nc2-1. The first-order valence-corrected chi connectivity index (χ1v) is 8.59. The zero-order valence-corrected chi connectivity index (χ0v) is 14.2. The highest BCUT2D eigenvalue weighted by atomic mass is 16.5. The minimum atomic E-state index is -1.69. The summed E-state index contributed by atoms with van der Waals surface area (Å²) in [4.78, 5) is 29.9. The normalized spacial score (nSPS) is 20.5. The molecule has 0 saturated carbocycles. The van der Waals surface area contributed by atoms with Gasteiger partial charge in [0.05, 0.1) is 23.4 Å². The van der Waals surface area contributed by atoms with Crippen molar-refractivity contribution in [3.63, 3.8) is 0 Å². The van der Waals surface area contributed by atoms with Crippen LogP contribution in [-0.4, -0.2) is 27.0 Å². The van der Waals surface area contributed by atoms with Crippen LogP contribution in [0.4, 0.5) is 0 Å². The molecule has 0 saturated heterocycles. The van der Waals surface area contributed by atoms with Gasteiger partial charge >= 0.3 is 0 Å². The number of rotatable bonds is 1. The highest BCUT2D eigenvalue weighted by molar-refractivity contribution is 5.92. The topological polar surface area (TPSA) is 81.4 Å². The van der Waals surface area contributed by atoms with E-state index >= 15 is 0 Å². The van der Waals surface area contributed by atoms with E-state index in [0.717, 1.165) is 16.5 Å². The zero-order chi connectivity index (χ0) is 18.1. The number of hydrogen-bond donors (Lipinski definition) is 1. The Morgan fingerprint density at radius 1 is 1.27 bits per heavy atom. The molecule has 2 aliphatic heterocycles. The number of carbonyl (C=O) groups excluding carboxylic acids is 1. The highest BCUT2D eigenvalue weighted by Gasteiger charge is 2.44. The second-order valence-electron chi connectivity index (χ2n) is 6.78. The smallest absolute Gasteiger partial charge is 0.294 e. The number of ether oxygens (including phenoxy) is 1. The van der Waals surface area contributed by atoms with Gasteiger partial charge in [-0.2, -0.15) is 0 Å². The molecular weight excluding hydrogens is 332 g/mol. The van der Waals surface area contributed by atoms with Crippen molar-refractivity contribution in [2.75, 3.05) is 6.61 Å². The van der Waals surface area contributed by atoms with Crippen molar-refractivity contribution in [2.24, 2.45) is 0 Å². The number of fused-ring (bicyclic) bond motifs is 5. The van der Waals surface area contributed by atoms with E-state index in [2.05, 4.69) is 0 Å². The van der Waals surface area contributed by atoms with E-state index < -0.39 is 11.4 Å². The number of pyridine rings is 2. The Hall–Kier alpha value is -2.99. The molecule has 5 rings (SSSR count). The summed E-state index contributed by atoms with van der Waals surface area (Å²) in [5, 5.41) is 11.9. The Kier molecular flexibility index (Phi) is 2.95. The Balaban J connectivity index is 1.81. The molecule has 26 heavy (non-hydrogen) atoms. The second kappa shape index (κ2) is 5.02. The largest absolute Gasteiger partial charge is 0.480 e. The van der Waals surface area contributed by atoms with Gasteiger partial charge in [-0.15, -0.1) is 0 Å². The van der Waals surface area contributed by atoms with Gasteiger partial charge in [-0.1, -0.05) is 25.1 Å². The molecule has 6 heteroatoms. The van der Waals surface area contributed by atoms with Crippen molar-refractivity contribution in [2.45, 2.75) is 25.5 Å². The van der Waals surface area contributed by atoms with Gasteiger partial charge in [-0.25, -0.2) is 4.98 Å². The van der Waals surface area contributed by atoms with E-state index in [4.69, 9.17) is 9.72 Å². The number of hydrogen-bond acceptors (Lipinski definition) is 5. The minimum absolute atomic E-state index is 0.0649. The first-order chi connectivity index (χ1) is 12.5. The van der Waals surface area contributed by atoms with Crippen molar-refractivity contribution >= 4 is 16.7 Å². The van der Waals surface area contributed by atoms with Crippen molar-refractivity contribution < 1.29 is 14.6 Å². The van der Waals surface area contributed by atoms with E-state index in [0.29, 0.717) is 17.9 Å². The molecule has 0 aliphatic carbocycles. The molecule has 1 atom stereocenters. The van der Waals surface area contributed by atoms with Crippen molar-refractivity contribution in [3.05, 3.63) is 57.9 Å². The lowest BCUT2D eigenvalue weighted by molar-refractivity contribution is -0.143. The Morgan fingerprint density at radius 3 is 2.88 bits per heavy atom. The van der Waals surface area contributed by atoms with Crippen LogP contribution in [0.25, 0.3) is 22.3 Å². The third-order valence-corrected chi connectivity index (χ3v) is 5.40. The zero-order valence-electron chi connectivity index (χ0n) is 14.2. The molecule has 1 aromatic carbocycles. The van der Waals surface area contributed by atoms with Crippen LogP contribution in [0.15, 0.2) is 41.2 Å². The van der Waals surface area contributed by atoms with Crippen LogP contribution in [0.3, 0.4) is 0 Å². The number of Topliss-reactive ketones (excluding diaryl/α,β-unsaturated/α-hetero) is 1. The van der Waals surface area contributed by atoms with Crippen LogP contribution >= 0.6 is 0 Å². The molecule has 0 amide bonds. The van der Waals surface area contributed by atoms with Crippen LogP contribution in [0.5, 0.6) is 5.75 Å². The van der Waals surface area contributed by atoms with Gasteiger partial charge in [0, 0.05) is 16.5 Å². The van der Waals surface area contributed by atoms with Gasteiger partial charge in [0.25, 0.3) is 5.56 Å². The molecule has 1 unspecified atom stereocenters. The van der Waals surface area contributed by atoms with Gasteiger partial charge in [0.2, 0.25) is 5.78 Å². The first-order valence-electron chi connectivity index (χ1n) is 8.59. The highest BCUT2D eigenvalue weighted by Crippen LogP contribution is 2.40. The fourth-order valence-corrected chi connectivity index (χ4v) is 3.89. The summed E-state index contributed by atoms with van der Waals surface area (Å²) in [7, 11) is 0. The fourth-order valence-electron chi connectivity index (χ4n) is 3.89. The van der Waals surface area contributed by atoms with Gasteiger partial charge in [-0.05, 0) is 24.6 Å². The molecule has 0 bridgehead atoms. The standard InChI is InChI=1S/C20H16N2O4/c1-2-20(25)13-8-15-17-12(7-11-5-3-4-6-14(11)21-17)9-22(15)19(24)18(13)26-10-16(20)23/h3-8,25H,2,9-10H2,1H3. The number of para-hydroxylation sites is 1. The molecule has 2 aliphatic rings. The lowest BCUT2D eigenvalue weighted by Gasteiger charge is -2.32. The van der Waals surface area contributed by atoms with Crippen molar-refractivity contribution in [1.29, 1.82) is 0 Å². The Morgan fingerprint density at radius 2 is 2.08 bits per heavy atom. The molecule has 0 spiro atoms. The summed E-state index contributed by atoms with van der Waals surface area (Å²) in [6.45, 7) is 1.83. The van der Waals surface area contributed by atoms with Crippen molar-refractivity contribution in [3.8, 4) is 17.1 Å². The summed E-state index contributed by atoms with van der Waals surface area (Å²) in [6.07, 6.45) is 0.184. The number of benzene rings is 1. The molecule has 1 N–H and O–H groups in total. The third-order valence-electron chi connectivity index (χ3n) is 5.40. The predicted octanol–water partition coefficient (Wildman–Crippen LogP) is 1.98. The first kappa shape index (κ1) is 15.3. The maximum Gasteiger partial charge on any atom is 0.294 e. The van der Waals surface area contributed by atoms with E-state index in [1.165, 1.54) is 0 Å². The van der Waals surface area contributed by atoms with Crippen molar-refractivity contribution in [1.82, 2.24) is 9.55 Å². The van der Waals surface area contributed by atoms with Crippen LogP contribution < -0.4 is 10.3 Å². The fraction of sp³-hybridized carbons (Fsp3) is 0.250. The van der Waals surface area contributed by atoms with Gasteiger partial charge in [0.15, 0.2) is 18.0 Å².